The molecular formula is C19H21N3O5S. The molecule has 8 nitrogen and oxygen atoms in total. The van der Waals surface area contributed by atoms with Crippen LogP contribution in [0.5, 0.6) is 0 Å². The van der Waals surface area contributed by atoms with Crippen LogP contribution in [-0.2, 0) is 15.6 Å². The zero-order chi connectivity index (χ0) is 20.3. The number of anilines is 1. The summed E-state index contributed by atoms with van der Waals surface area (Å²) in [6, 6.07) is 13.2. The minimum Gasteiger partial charge on any atom is -0.362 e. The van der Waals surface area contributed by atoms with Crippen molar-refractivity contribution in [2.45, 2.75) is 5.75 Å². The molecule has 0 unspecified atom stereocenters. The Morgan fingerprint density at radius 3 is 2.39 bits per heavy atom. The van der Waals surface area contributed by atoms with Gasteiger partial charge in [-0.05, 0) is 23.8 Å². The normalized spacial score (nSPS) is 14.8. The predicted octanol–water partition coefficient (Wildman–Crippen LogP) is 2.10. The van der Waals surface area contributed by atoms with Crippen molar-refractivity contribution in [3.8, 4) is 0 Å². The molecule has 0 atom stereocenters. The minimum absolute atomic E-state index is 0.0516. The summed E-state index contributed by atoms with van der Waals surface area (Å²) in [6.07, 6.45) is 1.16. The Hall–Kier alpha value is -2.94. The number of amides is 1. The molecule has 2 aromatic carbocycles. The summed E-state index contributed by atoms with van der Waals surface area (Å²) in [5, 5.41) is 11.2. The van der Waals surface area contributed by atoms with E-state index in [-0.39, 0.29) is 17.3 Å². The van der Waals surface area contributed by atoms with E-state index in [1.54, 1.807) is 47.4 Å². The second kappa shape index (κ2) is 7.97. The van der Waals surface area contributed by atoms with Crippen molar-refractivity contribution in [2.24, 2.45) is 0 Å². The molecule has 0 N–H and O–H groups in total. The number of nitro groups is 1. The maximum Gasteiger partial charge on any atom is 0.292 e. The Bertz CT molecular complexity index is 998. The number of nitro benzene ring substituents is 1. The molecule has 9 heteroatoms. The zero-order valence-electron chi connectivity index (χ0n) is 15.4. The first-order valence-corrected chi connectivity index (χ1v) is 10.8. The van der Waals surface area contributed by atoms with Gasteiger partial charge in [0.15, 0.2) is 9.84 Å². The largest absolute Gasteiger partial charge is 0.362 e. The lowest BCUT2D eigenvalue weighted by Gasteiger charge is -2.35. The summed E-state index contributed by atoms with van der Waals surface area (Å²) in [6.45, 7) is 1.83. The monoisotopic (exact) mass is 403 g/mol. The molecule has 3 rings (SSSR count). The quantitative estimate of drug-likeness (QED) is 0.560. The maximum absolute atomic E-state index is 12.8. The van der Waals surface area contributed by atoms with Crippen LogP contribution < -0.4 is 4.90 Å². The summed E-state index contributed by atoms with van der Waals surface area (Å²) < 4.78 is 23.0. The standard InChI is InChI=1S/C19H21N3O5S/c1-28(26,27)14-15-5-4-6-16(13-15)19(23)21-11-9-20(10-12-21)17-7-2-3-8-18(17)22(24)25/h2-8,13H,9-12,14H2,1H3. The molecule has 1 aliphatic heterocycles. The second-order valence-electron chi connectivity index (χ2n) is 6.80. The van der Waals surface area contributed by atoms with Gasteiger partial charge in [-0.1, -0.05) is 24.3 Å². The first kappa shape index (κ1) is 19.8. The van der Waals surface area contributed by atoms with Crippen LogP contribution in [0.1, 0.15) is 15.9 Å². The lowest BCUT2D eigenvalue weighted by atomic mass is 10.1. The van der Waals surface area contributed by atoms with E-state index in [0.717, 1.165) is 6.26 Å². The molecule has 1 aliphatic rings. The van der Waals surface area contributed by atoms with Crippen LogP contribution in [0.25, 0.3) is 0 Å². The van der Waals surface area contributed by atoms with Crippen molar-refractivity contribution < 1.29 is 18.1 Å². The first-order chi connectivity index (χ1) is 13.2. The number of para-hydroxylation sites is 2. The van der Waals surface area contributed by atoms with Gasteiger partial charge >= 0.3 is 0 Å². The van der Waals surface area contributed by atoms with E-state index in [4.69, 9.17) is 0 Å². The molecular weight excluding hydrogens is 382 g/mol. The lowest BCUT2D eigenvalue weighted by molar-refractivity contribution is -0.384. The minimum atomic E-state index is -3.18. The Morgan fingerprint density at radius 2 is 1.75 bits per heavy atom. The highest BCUT2D eigenvalue weighted by Gasteiger charge is 2.26. The Morgan fingerprint density at radius 1 is 1.07 bits per heavy atom. The number of nitrogens with zero attached hydrogens (tertiary/aromatic N) is 3. The summed E-state index contributed by atoms with van der Waals surface area (Å²) >= 11 is 0. The van der Waals surface area contributed by atoms with Crippen molar-refractivity contribution in [3.05, 3.63) is 69.8 Å². The van der Waals surface area contributed by atoms with Crippen molar-refractivity contribution in [1.82, 2.24) is 4.90 Å². The van der Waals surface area contributed by atoms with Crippen molar-refractivity contribution in [1.29, 1.82) is 0 Å². The third-order valence-electron chi connectivity index (χ3n) is 4.59. The fraction of sp³-hybridized carbons (Fsp3) is 0.316. The Balaban J connectivity index is 1.69. The van der Waals surface area contributed by atoms with E-state index < -0.39 is 14.8 Å². The maximum atomic E-state index is 12.8. The smallest absolute Gasteiger partial charge is 0.292 e. The van der Waals surface area contributed by atoms with Crippen molar-refractivity contribution >= 4 is 27.1 Å². The number of rotatable bonds is 5. The van der Waals surface area contributed by atoms with Gasteiger partial charge < -0.3 is 9.80 Å². The summed E-state index contributed by atoms with van der Waals surface area (Å²) in [4.78, 5) is 27.2. The molecule has 0 saturated carbocycles. The highest BCUT2D eigenvalue weighted by molar-refractivity contribution is 7.89. The van der Waals surface area contributed by atoms with Gasteiger partial charge in [-0.15, -0.1) is 0 Å². The number of hydrogen-bond donors (Lipinski definition) is 0. The topological polar surface area (TPSA) is 101 Å². The molecule has 0 spiro atoms. The third-order valence-corrected chi connectivity index (χ3v) is 5.45. The van der Waals surface area contributed by atoms with Gasteiger partial charge in [0, 0.05) is 44.1 Å². The number of piperazine rings is 1. The highest BCUT2D eigenvalue weighted by atomic mass is 32.2. The molecule has 0 radical (unpaired) electrons. The van der Waals surface area contributed by atoms with Crippen LogP contribution >= 0.6 is 0 Å². The van der Waals surface area contributed by atoms with E-state index in [9.17, 15) is 23.3 Å². The molecule has 1 amide bonds. The van der Waals surface area contributed by atoms with Gasteiger partial charge in [-0.25, -0.2) is 8.42 Å². The van der Waals surface area contributed by atoms with Gasteiger partial charge in [0.05, 0.1) is 10.7 Å². The van der Waals surface area contributed by atoms with Gasteiger partial charge in [0.1, 0.15) is 5.69 Å². The SMILES string of the molecule is CS(=O)(=O)Cc1cccc(C(=O)N2CCN(c3ccccc3[N+](=O)[O-])CC2)c1. The third kappa shape index (κ3) is 4.66. The number of sulfone groups is 1. The molecule has 1 heterocycles. The van der Waals surface area contributed by atoms with Crippen LogP contribution in [0.3, 0.4) is 0 Å². The molecule has 2 aromatic rings. The highest BCUT2D eigenvalue weighted by Crippen LogP contribution is 2.28. The van der Waals surface area contributed by atoms with E-state index >= 15 is 0 Å². The fourth-order valence-electron chi connectivity index (χ4n) is 3.32. The van der Waals surface area contributed by atoms with E-state index in [1.165, 1.54) is 6.07 Å². The lowest BCUT2D eigenvalue weighted by Crippen LogP contribution is -2.49. The van der Waals surface area contributed by atoms with Crippen LogP contribution in [-0.4, -0.2) is 56.6 Å². The predicted molar refractivity (Wildman–Crippen MR) is 106 cm³/mol. The summed E-state index contributed by atoms with van der Waals surface area (Å²) in [7, 11) is -3.18. The molecule has 0 aliphatic carbocycles. The Labute approximate surface area is 163 Å². The van der Waals surface area contributed by atoms with Gasteiger partial charge in [-0.2, -0.15) is 0 Å². The average Bonchev–Trinajstić information content (AvgIpc) is 2.66. The van der Waals surface area contributed by atoms with Crippen LogP contribution in [0, 0.1) is 10.1 Å². The van der Waals surface area contributed by atoms with Crippen molar-refractivity contribution in [3.63, 3.8) is 0 Å². The van der Waals surface area contributed by atoms with E-state index in [0.29, 0.717) is 43.0 Å². The van der Waals surface area contributed by atoms with Crippen LogP contribution in [0.15, 0.2) is 48.5 Å². The molecule has 1 fully saturated rings. The molecule has 148 valence electrons. The number of benzene rings is 2. The van der Waals surface area contributed by atoms with Gasteiger partial charge in [0.25, 0.3) is 11.6 Å². The molecule has 0 bridgehead atoms. The van der Waals surface area contributed by atoms with E-state index in [2.05, 4.69) is 0 Å². The van der Waals surface area contributed by atoms with Crippen LogP contribution in [0.2, 0.25) is 0 Å². The first-order valence-electron chi connectivity index (χ1n) is 8.79. The number of carbonyl (C=O) groups is 1. The number of carbonyl (C=O) groups excluding carboxylic acids is 1. The van der Waals surface area contributed by atoms with Gasteiger partial charge in [0.2, 0.25) is 0 Å². The Kier molecular flexibility index (Phi) is 5.64. The molecule has 28 heavy (non-hydrogen) atoms. The average molecular weight is 403 g/mol. The molecule has 1 saturated heterocycles. The zero-order valence-corrected chi connectivity index (χ0v) is 16.3. The molecule has 0 aromatic heterocycles. The summed E-state index contributed by atoms with van der Waals surface area (Å²) in [5.41, 5.74) is 1.62. The van der Waals surface area contributed by atoms with Crippen molar-refractivity contribution in [2.75, 3.05) is 37.3 Å². The van der Waals surface area contributed by atoms with Gasteiger partial charge in [-0.3, -0.25) is 14.9 Å². The second-order valence-corrected chi connectivity index (χ2v) is 8.94. The fourth-order valence-corrected chi connectivity index (χ4v) is 4.10. The van der Waals surface area contributed by atoms with Crippen LogP contribution in [0.4, 0.5) is 11.4 Å². The summed E-state index contributed by atoms with van der Waals surface area (Å²) in [5.74, 6) is -0.280. The van der Waals surface area contributed by atoms with E-state index in [1.807, 2.05) is 4.90 Å². The number of hydrogen-bond acceptors (Lipinski definition) is 6.